The van der Waals surface area contributed by atoms with Gasteiger partial charge in [-0.15, -0.1) is 0 Å². The zero-order valence-corrected chi connectivity index (χ0v) is 15.4. The van der Waals surface area contributed by atoms with Crippen LogP contribution in [0.4, 0.5) is 20.6 Å². The van der Waals surface area contributed by atoms with Crippen molar-refractivity contribution in [3.8, 4) is 0 Å². The van der Waals surface area contributed by atoms with E-state index in [2.05, 4.69) is 10.6 Å². The van der Waals surface area contributed by atoms with E-state index in [1.54, 1.807) is 17.0 Å². The number of carbonyl (C=O) groups is 2. The molecule has 0 atom stereocenters. The van der Waals surface area contributed by atoms with E-state index >= 15 is 0 Å². The molecule has 0 aromatic heterocycles. The number of carbonyl (C=O) groups excluding carboxylic acids is 2. The average molecular weight is 369 g/mol. The number of rotatable bonds is 4. The van der Waals surface area contributed by atoms with E-state index < -0.39 is 0 Å². The van der Waals surface area contributed by atoms with Gasteiger partial charge in [-0.05, 0) is 67.1 Å². The monoisotopic (exact) mass is 369 g/mol. The fraction of sp³-hybridized carbons (Fsp3) is 0.333. The fourth-order valence-electron chi connectivity index (χ4n) is 3.34. The minimum atomic E-state index is -0.320. The van der Waals surface area contributed by atoms with E-state index in [9.17, 15) is 14.0 Å². The van der Waals surface area contributed by atoms with E-state index in [1.807, 2.05) is 24.3 Å². The van der Waals surface area contributed by atoms with Crippen LogP contribution in [0, 0.1) is 11.7 Å². The summed E-state index contributed by atoms with van der Waals surface area (Å²) in [7, 11) is 0. The SMILES string of the molecule is CC(=O)Nc1ccc(CC2CCN(C(=O)Nc3ccc(F)cc3)CC2)cc1. The maximum Gasteiger partial charge on any atom is 0.321 e. The number of hydrogen-bond acceptors (Lipinski definition) is 2. The lowest BCUT2D eigenvalue weighted by atomic mass is 9.90. The van der Waals surface area contributed by atoms with Gasteiger partial charge in [0, 0.05) is 31.4 Å². The third kappa shape index (κ3) is 5.54. The van der Waals surface area contributed by atoms with Crippen molar-refractivity contribution in [3.05, 3.63) is 59.9 Å². The lowest BCUT2D eigenvalue weighted by molar-refractivity contribution is -0.114. The van der Waals surface area contributed by atoms with Gasteiger partial charge in [0.1, 0.15) is 5.82 Å². The molecule has 0 unspecified atom stereocenters. The average Bonchev–Trinajstić information content (AvgIpc) is 2.65. The summed E-state index contributed by atoms with van der Waals surface area (Å²) >= 11 is 0. The van der Waals surface area contributed by atoms with Crippen LogP contribution in [0.2, 0.25) is 0 Å². The molecule has 2 aromatic rings. The molecule has 3 rings (SSSR count). The van der Waals surface area contributed by atoms with Crippen molar-refractivity contribution >= 4 is 23.3 Å². The second kappa shape index (κ2) is 8.66. The van der Waals surface area contributed by atoms with Gasteiger partial charge in [-0.25, -0.2) is 9.18 Å². The predicted molar refractivity (Wildman–Crippen MR) is 104 cm³/mol. The van der Waals surface area contributed by atoms with Gasteiger partial charge >= 0.3 is 6.03 Å². The molecule has 142 valence electrons. The van der Waals surface area contributed by atoms with E-state index in [0.29, 0.717) is 24.7 Å². The minimum Gasteiger partial charge on any atom is -0.326 e. The Hall–Kier alpha value is -2.89. The predicted octanol–water partition coefficient (Wildman–Crippen LogP) is 4.27. The van der Waals surface area contributed by atoms with Crippen LogP contribution < -0.4 is 10.6 Å². The summed E-state index contributed by atoms with van der Waals surface area (Å²) in [6.45, 7) is 2.91. The minimum absolute atomic E-state index is 0.0750. The first-order valence-corrected chi connectivity index (χ1v) is 9.17. The molecule has 0 radical (unpaired) electrons. The van der Waals surface area contributed by atoms with E-state index in [4.69, 9.17) is 0 Å². The largest absolute Gasteiger partial charge is 0.326 e. The number of nitrogens with one attached hydrogen (secondary N) is 2. The number of likely N-dealkylation sites (tertiary alicyclic amines) is 1. The van der Waals surface area contributed by atoms with Gasteiger partial charge in [0.2, 0.25) is 5.91 Å². The van der Waals surface area contributed by atoms with Crippen LogP contribution in [0.5, 0.6) is 0 Å². The summed E-state index contributed by atoms with van der Waals surface area (Å²) in [4.78, 5) is 25.2. The van der Waals surface area contributed by atoms with Crippen LogP contribution in [0.25, 0.3) is 0 Å². The molecule has 6 heteroatoms. The van der Waals surface area contributed by atoms with Crippen molar-refractivity contribution in [2.75, 3.05) is 23.7 Å². The highest BCUT2D eigenvalue weighted by molar-refractivity contribution is 5.89. The highest BCUT2D eigenvalue weighted by Gasteiger charge is 2.23. The zero-order valence-electron chi connectivity index (χ0n) is 15.4. The summed E-state index contributed by atoms with van der Waals surface area (Å²) in [5, 5.41) is 5.58. The molecule has 0 saturated carbocycles. The van der Waals surface area contributed by atoms with Crippen molar-refractivity contribution in [2.24, 2.45) is 5.92 Å². The smallest absolute Gasteiger partial charge is 0.321 e. The first-order valence-electron chi connectivity index (χ1n) is 9.17. The van der Waals surface area contributed by atoms with Crippen LogP contribution >= 0.6 is 0 Å². The molecule has 1 saturated heterocycles. The van der Waals surface area contributed by atoms with Crippen molar-refractivity contribution in [3.63, 3.8) is 0 Å². The lowest BCUT2D eigenvalue weighted by Crippen LogP contribution is -2.41. The summed E-state index contributed by atoms with van der Waals surface area (Å²) in [5.41, 5.74) is 2.64. The number of piperidine rings is 1. The molecule has 2 N–H and O–H groups in total. The number of amides is 3. The molecular formula is C21H24FN3O2. The van der Waals surface area contributed by atoms with Gasteiger partial charge in [-0.3, -0.25) is 4.79 Å². The molecule has 0 spiro atoms. The molecule has 0 bridgehead atoms. The highest BCUT2D eigenvalue weighted by Crippen LogP contribution is 2.23. The number of halogens is 1. The van der Waals surface area contributed by atoms with Gasteiger partial charge in [0.25, 0.3) is 0 Å². The molecule has 1 aliphatic rings. The van der Waals surface area contributed by atoms with E-state index in [1.165, 1.54) is 24.6 Å². The van der Waals surface area contributed by atoms with E-state index in [-0.39, 0.29) is 17.8 Å². The van der Waals surface area contributed by atoms with Crippen molar-refractivity contribution in [1.29, 1.82) is 0 Å². The van der Waals surface area contributed by atoms with Crippen molar-refractivity contribution < 1.29 is 14.0 Å². The first-order chi connectivity index (χ1) is 13.0. The Morgan fingerprint density at radius 1 is 0.963 bits per heavy atom. The molecule has 27 heavy (non-hydrogen) atoms. The van der Waals surface area contributed by atoms with Gasteiger partial charge < -0.3 is 15.5 Å². The standard InChI is InChI=1S/C21H24FN3O2/c1-15(26)23-19-6-2-16(3-7-19)14-17-10-12-25(13-11-17)21(27)24-20-8-4-18(22)5-9-20/h2-9,17H,10-14H2,1H3,(H,23,26)(H,24,27). The van der Waals surface area contributed by atoms with Crippen LogP contribution in [0.1, 0.15) is 25.3 Å². The molecule has 1 heterocycles. The zero-order chi connectivity index (χ0) is 19.2. The molecule has 2 aromatic carbocycles. The second-order valence-electron chi connectivity index (χ2n) is 6.95. The Morgan fingerprint density at radius 3 is 2.11 bits per heavy atom. The van der Waals surface area contributed by atoms with Crippen LogP contribution in [-0.2, 0) is 11.2 Å². The number of nitrogens with zero attached hydrogens (tertiary/aromatic N) is 1. The number of hydrogen-bond donors (Lipinski definition) is 2. The number of benzene rings is 2. The van der Waals surface area contributed by atoms with Crippen molar-refractivity contribution in [2.45, 2.75) is 26.2 Å². The quantitative estimate of drug-likeness (QED) is 0.845. The Morgan fingerprint density at radius 2 is 1.52 bits per heavy atom. The topological polar surface area (TPSA) is 61.4 Å². The van der Waals surface area contributed by atoms with E-state index in [0.717, 1.165) is 24.9 Å². The molecule has 0 aliphatic carbocycles. The van der Waals surface area contributed by atoms with Gasteiger partial charge in [0.05, 0.1) is 0 Å². The van der Waals surface area contributed by atoms with Gasteiger partial charge in [0.15, 0.2) is 0 Å². The van der Waals surface area contributed by atoms with Gasteiger partial charge in [-0.2, -0.15) is 0 Å². The molecule has 1 aliphatic heterocycles. The molecular weight excluding hydrogens is 345 g/mol. The maximum absolute atomic E-state index is 12.9. The highest BCUT2D eigenvalue weighted by atomic mass is 19.1. The fourth-order valence-corrected chi connectivity index (χ4v) is 3.34. The third-order valence-electron chi connectivity index (χ3n) is 4.80. The lowest BCUT2D eigenvalue weighted by Gasteiger charge is -2.32. The maximum atomic E-state index is 12.9. The van der Waals surface area contributed by atoms with Crippen LogP contribution in [0.15, 0.2) is 48.5 Å². The Labute approximate surface area is 158 Å². The molecule has 1 fully saturated rings. The van der Waals surface area contributed by atoms with Crippen LogP contribution in [-0.4, -0.2) is 29.9 Å². The summed E-state index contributed by atoms with van der Waals surface area (Å²) in [6, 6.07) is 13.6. The Kier molecular flexibility index (Phi) is 6.06. The molecule has 3 amide bonds. The molecule has 5 nitrogen and oxygen atoms in total. The Balaban J connectivity index is 1.46. The summed E-state index contributed by atoms with van der Waals surface area (Å²) < 4.78 is 12.9. The van der Waals surface area contributed by atoms with Crippen LogP contribution in [0.3, 0.4) is 0 Å². The summed E-state index contributed by atoms with van der Waals surface area (Å²) in [5.74, 6) is 0.138. The second-order valence-corrected chi connectivity index (χ2v) is 6.95. The Bertz CT molecular complexity index is 782. The summed E-state index contributed by atoms with van der Waals surface area (Å²) in [6.07, 6.45) is 2.86. The first kappa shape index (κ1) is 18.9. The normalized spacial score (nSPS) is 14.7. The third-order valence-corrected chi connectivity index (χ3v) is 4.80. The number of urea groups is 1. The number of anilines is 2. The van der Waals surface area contributed by atoms with Crippen molar-refractivity contribution in [1.82, 2.24) is 4.90 Å². The van der Waals surface area contributed by atoms with Gasteiger partial charge in [-0.1, -0.05) is 12.1 Å².